The van der Waals surface area contributed by atoms with Crippen molar-refractivity contribution in [2.24, 2.45) is 23.7 Å². The average Bonchev–Trinajstić information content (AvgIpc) is 3.89. The Balaban J connectivity index is 1.18. The molecular formula is C44H67NO4. The first-order chi connectivity index (χ1) is 23.9. The predicted octanol–water partition coefficient (Wildman–Crippen LogP) is 9.37. The summed E-state index contributed by atoms with van der Waals surface area (Å²) in [7, 11) is 0. The van der Waals surface area contributed by atoms with Gasteiger partial charge in [-0.25, -0.2) is 0 Å². The fourth-order valence-corrected chi connectivity index (χ4v) is 10.2. The highest BCUT2D eigenvalue weighted by Crippen LogP contribution is 2.37. The number of aliphatic hydroxyl groups is 4. The Hall–Kier alpha value is -1.92. The van der Waals surface area contributed by atoms with Crippen LogP contribution in [0.2, 0.25) is 0 Å². The zero-order valence-corrected chi connectivity index (χ0v) is 30.3. The molecule has 5 nitrogen and oxygen atoms in total. The van der Waals surface area contributed by atoms with Crippen LogP contribution in [0.4, 0.5) is 11.4 Å². The molecule has 49 heavy (non-hydrogen) atoms. The maximum atomic E-state index is 10.1. The number of aliphatic hydroxyl groups excluding tert-OH is 4. The van der Waals surface area contributed by atoms with Gasteiger partial charge >= 0.3 is 0 Å². The molecule has 0 amide bonds. The van der Waals surface area contributed by atoms with E-state index in [0.717, 1.165) is 89.9 Å². The molecule has 4 saturated carbocycles. The third-order valence-corrected chi connectivity index (χ3v) is 13.1. The molecule has 0 aliphatic heterocycles. The lowest BCUT2D eigenvalue weighted by Gasteiger charge is -2.22. The molecule has 0 heterocycles. The lowest BCUT2D eigenvalue weighted by atomic mass is 9.90. The van der Waals surface area contributed by atoms with Gasteiger partial charge in [0.15, 0.2) is 0 Å². The first-order valence-electron chi connectivity index (χ1n) is 20.6. The summed E-state index contributed by atoms with van der Waals surface area (Å²) in [5.74, 6) is 2.66. The van der Waals surface area contributed by atoms with Crippen LogP contribution >= 0.6 is 0 Å². The molecule has 8 unspecified atom stereocenters. The van der Waals surface area contributed by atoms with E-state index >= 15 is 0 Å². The highest BCUT2D eigenvalue weighted by atomic mass is 16.3. The number of aryl methyl sites for hydroxylation is 2. The van der Waals surface area contributed by atoms with E-state index in [1.807, 2.05) is 0 Å². The summed E-state index contributed by atoms with van der Waals surface area (Å²) < 4.78 is 0. The number of rotatable bonds is 18. The van der Waals surface area contributed by atoms with E-state index in [-0.39, 0.29) is 24.4 Å². The Labute approximate surface area is 297 Å². The van der Waals surface area contributed by atoms with Crippen molar-refractivity contribution in [2.75, 3.05) is 5.32 Å². The molecule has 0 saturated heterocycles. The number of nitrogens with one attached hydrogen (secondary N) is 1. The highest BCUT2D eigenvalue weighted by molar-refractivity contribution is 5.68. The minimum absolute atomic E-state index is 0.0903. The Morgan fingerprint density at radius 3 is 1.06 bits per heavy atom. The second kappa shape index (κ2) is 18.5. The van der Waals surface area contributed by atoms with Crippen molar-refractivity contribution in [2.45, 2.75) is 179 Å². The molecule has 6 rings (SSSR count). The molecule has 5 heteroatoms. The van der Waals surface area contributed by atoms with Crippen molar-refractivity contribution in [3.63, 3.8) is 0 Å². The summed E-state index contributed by atoms with van der Waals surface area (Å²) in [6.45, 7) is 0. The molecule has 0 aromatic heterocycles. The minimum atomic E-state index is -0.0992. The molecule has 2 aromatic rings. The largest absolute Gasteiger partial charge is 0.393 e. The Bertz CT molecular complexity index is 1200. The van der Waals surface area contributed by atoms with Crippen molar-refractivity contribution in [3.05, 3.63) is 58.7 Å². The zero-order valence-electron chi connectivity index (χ0n) is 30.3. The molecule has 0 radical (unpaired) electrons. The number of anilines is 2. The summed E-state index contributed by atoms with van der Waals surface area (Å²) in [5.41, 5.74) is 8.43. The lowest BCUT2D eigenvalue weighted by Crippen LogP contribution is -2.08. The van der Waals surface area contributed by atoms with Gasteiger partial charge in [0, 0.05) is 11.4 Å². The summed E-state index contributed by atoms with van der Waals surface area (Å²) in [4.78, 5) is 0. The van der Waals surface area contributed by atoms with Crippen molar-refractivity contribution in [3.8, 4) is 0 Å². The maximum absolute atomic E-state index is 10.1. The molecule has 4 fully saturated rings. The van der Waals surface area contributed by atoms with Crippen molar-refractivity contribution in [1.82, 2.24) is 0 Å². The minimum Gasteiger partial charge on any atom is -0.393 e. The number of hydrogen-bond acceptors (Lipinski definition) is 5. The van der Waals surface area contributed by atoms with E-state index in [1.165, 1.54) is 97.8 Å². The maximum Gasteiger partial charge on any atom is 0.0543 e. The third kappa shape index (κ3) is 11.0. The average molecular weight is 674 g/mol. The summed E-state index contributed by atoms with van der Waals surface area (Å²) in [6, 6.07) is 13.8. The van der Waals surface area contributed by atoms with Crippen LogP contribution in [0, 0.1) is 23.7 Å². The van der Waals surface area contributed by atoms with Gasteiger partial charge in [0.25, 0.3) is 0 Å². The topological polar surface area (TPSA) is 93.0 Å². The molecule has 0 bridgehead atoms. The molecule has 4 aliphatic rings. The van der Waals surface area contributed by atoms with Crippen molar-refractivity contribution < 1.29 is 20.4 Å². The zero-order chi connectivity index (χ0) is 34.0. The molecule has 272 valence electrons. The van der Waals surface area contributed by atoms with Crippen LogP contribution in [0.1, 0.15) is 151 Å². The highest BCUT2D eigenvalue weighted by Gasteiger charge is 2.26. The molecule has 2 aromatic carbocycles. The lowest BCUT2D eigenvalue weighted by molar-refractivity contribution is 0.176. The van der Waals surface area contributed by atoms with Gasteiger partial charge in [-0.3, -0.25) is 0 Å². The van der Waals surface area contributed by atoms with Crippen LogP contribution in [0.3, 0.4) is 0 Å². The third-order valence-electron chi connectivity index (χ3n) is 13.1. The van der Waals surface area contributed by atoms with Crippen LogP contribution in [-0.4, -0.2) is 44.8 Å². The SMILES string of the molecule is OC1CCC(CCCc2cccc(Nc3cccc(CCCC4CCC(O)C4)c3CCCC3CCC(O)C3)c2CCCC2CCC(O)C2)C1. The van der Waals surface area contributed by atoms with E-state index in [9.17, 15) is 20.4 Å². The second-order valence-electron chi connectivity index (χ2n) is 16.9. The van der Waals surface area contributed by atoms with Gasteiger partial charge in [0.1, 0.15) is 0 Å². The predicted molar refractivity (Wildman–Crippen MR) is 201 cm³/mol. The fraction of sp³-hybridized carbons (Fsp3) is 0.727. The van der Waals surface area contributed by atoms with Crippen LogP contribution in [0.25, 0.3) is 0 Å². The van der Waals surface area contributed by atoms with Gasteiger partial charge in [0.05, 0.1) is 24.4 Å². The van der Waals surface area contributed by atoms with Gasteiger partial charge in [-0.1, -0.05) is 49.9 Å². The first-order valence-corrected chi connectivity index (χ1v) is 20.6. The van der Waals surface area contributed by atoms with E-state index < -0.39 is 0 Å². The normalized spacial score (nSPS) is 30.0. The Kier molecular flexibility index (Phi) is 13.9. The van der Waals surface area contributed by atoms with Gasteiger partial charge < -0.3 is 25.7 Å². The molecule has 5 N–H and O–H groups in total. The quantitative estimate of drug-likeness (QED) is 0.109. The molecule has 8 atom stereocenters. The molecular weight excluding hydrogens is 606 g/mol. The van der Waals surface area contributed by atoms with Crippen molar-refractivity contribution >= 4 is 11.4 Å². The Morgan fingerprint density at radius 1 is 0.429 bits per heavy atom. The fourth-order valence-electron chi connectivity index (χ4n) is 10.2. The standard InChI is InChI=1S/C44H67NO4/c46-37-23-19-31(27-37)7-1-11-35-13-5-17-43(41(35)15-3-9-33-21-25-39(48)29-33)45-44-18-6-14-36(12-2-8-32-20-24-38(47)28-32)42(44)16-4-10-34-22-26-40(49)30-34/h5-6,13-14,17-18,31-34,37-40,45-49H,1-4,7-12,15-16,19-30H2. The van der Waals surface area contributed by atoms with E-state index in [0.29, 0.717) is 23.7 Å². The van der Waals surface area contributed by atoms with E-state index in [4.69, 9.17) is 0 Å². The number of benzene rings is 2. The monoisotopic (exact) mass is 674 g/mol. The van der Waals surface area contributed by atoms with Crippen molar-refractivity contribution in [1.29, 1.82) is 0 Å². The van der Waals surface area contributed by atoms with Crippen LogP contribution in [-0.2, 0) is 25.7 Å². The van der Waals surface area contributed by atoms with Gasteiger partial charge in [-0.05, 0) is 186 Å². The van der Waals surface area contributed by atoms with Crippen LogP contribution in [0.15, 0.2) is 36.4 Å². The number of hydrogen-bond donors (Lipinski definition) is 5. The Morgan fingerprint density at radius 2 is 0.755 bits per heavy atom. The second-order valence-corrected chi connectivity index (χ2v) is 16.9. The van der Waals surface area contributed by atoms with Gasteiger partial charge in [0.2, 0.25) is 0 Å². The van der Waals surface area contributed by atoms with E-state index in [2.05, 4.69) is 41.7 Å². The summed E-state index contributed by atoms with van der Waals surface area (Å²) in [5, 5.41) is 44.4. The molecule has 4 aliphatic carbocycles. The summed E-state index contributed by atoms with van der Waals surface area (Å²) in [6.07, 6.45) is 25.9. The van der Waals surface area contributed by atoms with Crippen LogP contribution in [0.5, 0.6) is 0 Å². The summed E-state index contributed by atoms with van der Waals surface area (Å²) >= 11 is 0. The first kappa shape index (κ1) is 36.9. The van der Waals surface area contributed by atoms with E-state index in [1.54, 1.807) is 0 Å². The smallest absolute Gasteiger partial charge is 0.0543 e. The van der Waals surface area contributed by atoms with Crippen LogP contribution < -0.4 is 5.32 Å². The van der Waals surface area contributed by atoms with Gasteiger partial charge in [-0.15, -0.1) is 0 Å². The molecule has 0 spiro atoms. The van der Waals surface area contributed by atoms with Gasteiger partial charge in [-0.2, -0.15) is 0 Å².